The van der Waals surface area contributed by atoms with Crippen molar-refractivity contribution in [2.24, 2.45) is 0 Å². The van der Waals surface area contributed by atoms with E-state index in [2.05, 4.69) is 14.4 Å². The van der Waals surface area contributed by atoms with E-state index in [0.717, 1.165) is 19.4 Å². The first-order valence-corrected chi connectivity index (χ1v) is 6.26. The molecule has 9 heteroatoms. The molecule has 0 unspecified atom stereocenters. The fourth-order valence-corrected chi connectivity index (χ4v) is 1.99. The number of sulfonamides is 1. The van der Waals surface area contributed by atoms with Gasteiger partial charge in [-0.15, -0.1) is 0 Å². The fraction of sp³-hybridized carbons (Fsp3) is 0.222. The van der Waals surface area contributed by atoms with Gasteiger partial charge in [0.05, 0.1) is 19.0 Å². The average Bonchev–Trinajstić information content (AvgIpc) is 2.28. The van der Waals surface area contributed by atoms with E-state index in [1.807, 2.05) is 0 Å². The number of rotatable bonds is 5. The Morgan fingerprint density at radius 3 is 2.56 bits per heavy atom. The number of carboxylic acid groups (broad SMARTS) is 1. The van der Waals surface area contributed by atoms with Gasteiger partial charge in [-0.05, 0) is 12.1 Å². The molecule has 0 fully saturated rings. The molecule has 0 aliphatic heterocycles. The maximum Gasteiger partial charge on any atom is 0.354 e. The molecule has 0 amide bonds. The van der Waals surface area contributed by atoms with Crippen LogP contribution in [-0.4, -0.2) is 43.3 Å². The number of anilines is 1. The SMILES string of the molecule is COC(=O)CS(=O)(=O)Nc1ccc(C(=O)O)nc1. The number of carbonyl (C=O) groups excluding carboxylic acids is 1. The summed E-state index contributed by atoms with van der Waals surface area (Å²) in [4.78, 5) is 24.9. The second kappa shape index (κ2) is 5.45. The minimum atomic E-state index is -3.89. The Bertz CT molecular complexity index is 551. The highest BCUT2D eigenvalue weighted by molar-refractivity contribution is 7.93. The zero-order valence-electron chi connectivity index (χ0n) is 9.28. The monoisotopic (exact) mass is 274 g/mol. The molecule has 1 aromatic rings. The molecule has 1 heterocycles. The number of methoxy groups -OCH3 is 1. The molecular weight excluding hydrogens is 264 g/mol. The molecule has 2 N–H and O–H groups in total. The number of carboxylic acids is 1. The topological polar surface area (TPSA) is 123 Å². The minimum absolute atomic E-state index is 0.0592. The maximum absolute atomic E-state index is 11.4. The summed E-state index contributed by atoms with van der Waals surface area (Å²) in [6, 6.07) is 2.36. The molecule has 98 valence electrons. The number of aromatic nitrogens is 1. The Morgan fingerprint density at radius 2 is 2.11 bits per heavy atom. The van der Waals surface area contributed by atoms with Crippen molar-refractivity contribution in [2.45, 2.75) is 0 Å². The summed E-state index contributed by atoms with van der Waals surface area (Å²) >= 11 is 0. The fourth-order valence-electron chi connectivity index (χ4n) is 1.01. The molecule has 0 spiro atoms. The number of hydrogen-bond acceptors (Lipinski definition) is 6. The van der Waals surface area contributed by atoms with Crippen molar-refractivity contribution in [1.82, 2.24) is 4.98 Å². The van der Waals surface area contributed by atoms with Crippen molar-refractivity contribution in [3.63, 3.8) is 0 Å². The largest absolute Gasteiger partial charge is 0.477 e. The van der Waals surface area contributed by atoms with E-state index < -0.39 is 27.7 Å². The van der Waals surface area contributed by atoms with Crippen LogP contribution in [0.3, 0.4) is 0 Å². The van der Waals surface area contributed by atoms with E-state index in [0.29, 0.717) is 0 Å². The number of nitrogens with zero attached hydrogens (tertiary/aromatic N) is 1. The second-order valence-corrected chi connectivity index (χ2v) is 4.90. The number of hydrogen-bond donors (Lipinski definition) is 2. The number of ether oxygens (including phenoxy) is 1. The van der Waals surface area contributed by atoms with Crippen LogP contribution in [0.2, 0.25) is 0 Å². The first-order valence-electron chi connectivity index (χ1n) is 4.61. The van der Waals surface area contributed by atoms with Gasteiger partial charge in [-0.1, -0.05) is 0 Å². The van der Waals surface area contributed by atoms with Gasteiger partial charge >= 0.3 is 11.9 Å². The quantitative estimate of drug-likeness (QED) is 0.706. The number of carbonyl (C=O) groups is 2. The Balaban J connectivity index is 2.78. The molecule has 0 aliphatic carbocycles. The molecule has 0 saturated heterocycles. The van der Waals surface area contributed by atoms with Crippen LogP contribution in [0.5, 0.6) is 0 Å². The van der Waals surface area contributed by atoms with Crippen LogP contribution in [0.1, 0.15) is 10.5 Å². The van der Waals surface area contributed by atoms with Crippen molar-refractivity contribution >= 4 is 27.6 Å². The smallest absolute Gasteiger partial charge is 0.354 e. The average molecular weight is 274 g/mol. The van der Waals surface area contributed by atoms with Crippen LogP contribution in [0.25, 0.3) is 0 Å². The first kappa shape index (κ1) is 13.9. The second-order valence-electron chi connectivity index (χ2n) is 3.17. The van der Waals surface area contributed by atoms with Gasteiger partial charge in [0, 0.05) is 0 Å². The Kier molecular flexibility index (Phi) is 4.21. The molecule has 1 aromatic heterocycles. The summed E-state index contributed by atoms with van der Waals surface area (Å²) < 4.78 is 29.2. The van der Waals surface area contributed by atoms with E-state index in [9.17, 15) is 18.0 Å². The van der Waals surface area contributed by atoms with Gasteiger partial charge in [0.25, 0.3) is 0 Å². The predicted molar refractivity (Wildman–Crippen MR) is 60.6 cm³/mol. The number of aromatic carboxylic acids is 1. The van der Waals surface area contributed by atoms with E-state index in [-0.39, 0.29) is 11.4 Å². The van der Waals surface area contributed by atoms with Crippen molar-refractivity contribution in [3.05, 3.63) is 24.0 Å². The number of pyridine rings is 1. The van der Waals surface area contributed by atoms with Crippen LogP contribution >= 0.6 is 0 Å². The highest BCUT2D eigenvalue weighted by Gasteiger charge is 2.17. The maximum atomic E-state index is 11.4. The molecule has 8 nitrogen and oxygen atoms in total. The van der Waals surface area contributed by atoms with Gasteiger partial charge < -0.3 is 9.84 Å². The van der Waals surface area contributed by atoms with Crippen molar-refractivity contribution in [2.75, 3.05) is 17.6 Å². The Hall–Kier alpha value is -2.16. The molecule has 0 atom stereocenters. The Morgan fingerprint density at radius 1 is 1.44 bits per heavy atom. The molecule has 0 radical (unpaired) electrons. The summed E-state index contributed by atoms with van der Waals surface area (Å²) in [5, 5.41) is 8.60. The minimum Gasteiger partial charge on any atom is -0.477 e. The van der Waals surface area contributed by atoms with Gasteiger partial charge in [0.15, 0.2) is 5.75 Å². The highest BCUT2D eigenvalue weighted by atomic mass is 32.2. The van der Waals surface area contributed by atoms with Crippen LogP contribution < -0.4 is 4.72 Å². The predicted octanol–water partition coefficient (Wildman–Crippen LogP) is -0.306. The Labute approximate surface area is 103 Å². The lowest BCUT2D eigenvalue weighted by Gasteiger charge is -2.06. The van der Waals surface area contributed by atoms with Crippen LogP contribution in [0.15, 0.2) is 18.3 Å². The van der Waals surface area contributed by atoms with Gasteiger partial charge in [0.2, 0.25) is 10.0 Å². The van der Waals surface area contributed by atoms with E-state index in [4.69, 9.17) is 5.11 Å². The lowest BCUT2D eigenvalue weighted by Crippen LogP contribution is -2.23. The number of nitrogens with one attached hydrogen (secondary N) is 1. The zero-order valence-corrected chi connectivity index (χ0v) is 10.1. The van der Waals surface area contributed by atoms with Gasteiger partial charge in [0.1, 0.15) is 5.69 Å². The molecular formula is C9H10N2O6S. The molecule has 0 aromatic carbocycles. The van der Waals surface area contributed by atoms with Gasteiger partial charge in [-0.2, -0.15) is 0 Å². The summed E-state index contributed by atoms with van der Waals surface area (Å²) in [5.41, 5.74) is -0.158. The third kappa shape index (κ3) is 4.01. The highest BCUT2D eigenvalue weighted by Crippen LogP contribution is 2.08. The molecule has 0 aliphatic rings. The summed E-state index contributed by atoms with van der Waals surface area (Å²) in [6.45, 7) is 0. The third-order valence-corrected chi connectivity index (χ3v) is 2.95. The molecule has 0 saturated carbocycles. The molecule has 1 rings (SSSR count). The molecule has 0 bridgehead atoms. The van der Waals surface area contributed by atoms with Crippen LogP contribution in [0, 0.1) is 0 Å². The van der Waals surface area contributed by atoms with E-state index in [1.165, 1.54) is 6.07 Å². The third-order valence-electron chi connectivity index (χ3n) is 1.79. The standard InChI is InChI=1S/C9H10N2O6S/c1-17-8(12)5-18(15,16)11-6-2-3-7(9(13)14)10-4-6/h2-4,11H,5H2,1H3,(H,13,14). The lowest BCUT2D eigenvalue weighted by atomic mass is 10.3. The molecule has 18 heavy (non-hydrogen) atoms. The normalized spacial score (nSPS) is 10.7. The lowest BCUT2D eigenvalue weighted by molar-refractivity contribution is -0.137. The van der Waals surface area contributed by atoms with Gasteiger partial charge in [-0.25, -0.2) is 18.2 Å². The van der Waals surface area contributed by atoms with Crippen LogP contribution in [-0.2, 0) is 19.6 Å². The summed E-state index contributed by atoms with van der Waals surface area (Å²) in [6.07, 6.45) is 1.04. The summed E-state index contributed by atoms with van der Waals surface area (Å²) in [5.74, 6) is -2.96. The van der Waals surface area contributed by atoms with Crippen molar-refractivity contribution < 1.29 is 27.9 Å². The zero-order chi connectivity index (χ0) is 13.8. The van der Waals surface area contributed by atoms with E-state index in [1.54, 1.807) is 0 Å². The number of esters is 1. The van der Waals surface area contributed by atoms with Crippen molar-refractivity contribution in [3.8, 4) is 0 Å². The van der Waals surface area contributed by atoms with E-state index >= 15 is 0 Å². The van der Waals surface area contributed by atoms with Gasteiger partial charge in [-0.3, -0.25) is 9.52 Å². The summed E-state index contributed by atoms with van der Waals surface area (Å²) in [7, 11) is -2.82. The van der Waals surface area contributed by atoms with Crippen LogP contribution in [0.4, 0.5) is 5.69 Å². The first-order chi connectivity index (χ1) is 8.34. The van der Waals surface area contributed by atoms with Crippen molar-refractivity contribution in [1.29, 1.82) is 0 Å².